The van der Waals surface area contributed by atoms with Crippen LogP contribution in [0.1, 0.15) is 84.7 Å². The number of nitrogens with one attached hydrogen (secondary N) is 2. The number of thiophene rings is 1. The first-order valence-corrected chi connectivity index (χ1v) is 19.6. The Balaban J connectivity index is 1.13. The molecule has 55 heavy (non-hydrogen) atoms. The van der Waals surface area contributed by atoms with Gasteiger partial charge in [0.25, 0.3) is 5.91 Å². The van der Waals surface area contributed by atoms with Gasteiger partial charge in [-0.1, -0.05) is 113 Å². The molecule has 286 valence electrons. The van der Waals surface area contributed by atoms with Crippen molar-refractivity contribution in [3.8, 4) is 28.3 Å². The lowest BCUT2D eigenvalue weighted by Gasteiger charge is -2.24. The fourth-order valence-corrected chi connectivity index (χ4v) is 7.68. The summed E-state index contributed by atoms with van der Waals surface area (Å²) in [6, 6.07) is 24.3. The van der Waals surface area contributed by atoms with Crippen LogP contribution in [0.25, 0.3) is 22.5 Å². The maximum Gasteiger partial charge on any atom is 0.329 e. The molecule has 1 aliphatic carbocycles. The first kappa shape index (κ1) is 39.3. The van der Waals surface area contributed by atoms with Crippen LogP contribution in [0.3, 0.4) is 0 Å². The van der Waals surface area contributed by atoms with Gasteiger partial charge < -0.3 is 25.6 Å². The number of carboxylic acid groups (broad SMARTS) is 1. The number of hydrogen-bond acceptors (Lipinski definition) is 8. The number of carboxylic acids is 1. The lowest BCUT2D eigenvalue weighted by atomic mass is 9.95. The van der Waals surface area contributed by atoms with Crippen molar-refractivity contribution in [3.05, 3.63) is 124 Å². The quantitative estimate of drug-likeness (QED) is 0.0846. The van der Waals surface area contributed by atoms with E-state index in [0.717, 1.165) is 46.3 Å². The van der Waals surface area contributed by atoms with Crippen LogP contribution in [-0.2, 0) is 21.4 Å². The summed E-state index contributed by atoms with van der Waals surface area (Å²) in [5.74, 6) is -0.435. The van der Waals surface area contributed by atoms with Crippen molar-refractivity contribution in [1.82, 2.24) is 20.6 Å². The zero-order chi connectivity index (χ0) is 39.0. The van der Waals surface area contributed by atoms with Gasteiger partial charge in [0.05, 0.1) is 11.5 Å². The minimum Gasteiger partial charge on any atom is -0.494 e. The Kier molecular flexibility index (Phi) is 12.7. The summed E-state index contributed by atoms with van der Waals surface area (Å²) in [5, 5.41) is 26.2. The molecule has 3 aromatic carbocycles. The second-order valence-electron chi connectivity index (χ2n) is 15.1. The van der Waals surface area contributed by atoms with Crippen LogP contribution in [0.5, 0.6) is 5.75 Å². The summed E-state index contributed by atoms with van der Waals surface area (Å²) in [4.78, 5) is 50.1. The summed E-state index contributed by atoms with van der Waals surface area (Å²) < 4.78 is 5.98. The van der Waals surface area contributed by atoms with Gasteiger partial charge in [-0.3, -0.25) is 9.59 Å². The molecule has 1 aliphatic rings. The Morgan fingerprint density at radius 1 is 0.836 bits per heavy atom. The second-order valence-corrected chi connectivity index (χ2v) is 16.2. The van der Waals surface area contributed by atoms with Crippen molar-refractivity contribution in [2.24, 2.45) is 5.92 Å². The van der Waals surface area contributed by atoms with Gasteiger partial charge in [-0.25, -0.2) is 14.8 Å². The zero-order valence-electron chi connectivity index (χ0n) is 31.4. The molecule has 2 amide bonds. The third-order valence-corrected chi connectivity index (χ3v) is 11.5. The van der Waals surface area contributed by atoms with E-state index in [9.17, 15) is 24.6 Å². The van der Waals surface area contributed by atoms with Gasteiger partial charge in [0, 0.05) is 34.8 Å². The number of aliphatic hydroxyl groups is 1. The number of aliphatic hydroxyl groups excluding tert-OH is 1. The molecule has 4 N–H and O–H groups in total. The lowest BCUT2D eigenvalue weighted by molar-refractivity contribution is -0.145. The Morgan fingerprint density at radius 2 is 1.49 bits per heavy atom. The van der Waals surface area contributed by atoms with Crippen LogP contribution < -0.4 is 15.4 Å². The normalized spacial score (nSPS) is 14.8. The molecule has 5 aromatic rings. The molecule has 0 spiro atoms. The average molecular weight is 761 g/mol. The SMILES string of the molecule is CC(C)(C)c1ccc(C(=O)N[C@@H](Cc2ccc(-c3ncc(-c4ccc(OCCC5CCCC5)cc4)cn3)cc2)C(=O)NC(C(=O)O)C(O)c2ccccc2)s1. The Bertz CT molecular complexity index is 2040. The van der Waals surface area contributed by atoms with E-state index in [1.54, 1.807) is 48.8 Å². The van der Waals surface area contributed by atoms with E-state index in [4.69, 9.17) is 4.74 Å². The van der Waals surface area contributed by atoms with Gasteiger partial charge in [-0.2, -0.15) is 0 Å². The molecule has 1 fully saturated rings. The molecule has 0 bridgehead atoms. The topological polar surface area (TPSA) is 151 Å². The molecule has 1 saturated carbocycles. The second kappa shape index (κ2) is 17.8. The van der Waals surface area contributed by atoms with Gasteiger partial charge in [0.1, 0.15) is 17.9 Å². The number of ether oxygens (including phenoxy) is 1. The molecule has 6 rings (SSSR count). The Morgan fingerprint density at radius 3 is 2.11 bits per heavy atom. The van der Waals surface area contributed by atoms with Crippen molar-refractivity contribution >= 4 is 29.1 Å². The molecular formula is C44H48N4O6S. The van der Waals surface area contributed by atoms with Crippen molar-refractivity contribution < 1.29 is 29.3 Å². The molecule has 0 saturated heterocycles. The first-order valence-electron chi connectivity index (χ1n) is 18.8. The highest BCUT2D eigenvalue weighted by atomic mass is 32.1. The number of rotatable bonds is 15. The van der Waals surface area contributed by atoms with Gasteiger partial charge >= 0.3 is 5.97 Å². The van der Waals surface area contributed by atoms with Crippen molar-refractivity contribution in [2.75, 3.05) is 6.61 Å². The predicted octanol–water partition coefficient (Wildman–Crippen LogP) is 7.77. The number of amides is 2. The van der Waals surface area contributed by atoms with E-state index in [1.807, 2.05) is 54.6 Å². The number of benzene rings is 3. The number of carbonyl (C=O) groups is 3. The maximum atomic E-state index is 13.8. The van der Waals surface area contributed by atoms with Crippen LogP contribution in [0.4, 0.5) is 0 Å². The number of carbonyl (C=O) groups excluding carboxylic acids is 2. The first-order chi connectivity index (χ1) is 26.4. The number of nitrogens with zero attached hydrogens (tertiary/aromatic N) is 2. The Labute approximate surface area is 326 Å². The van der Waals surface area contributed by atoms with Crippen LogP contribution in [-0.4, -0.2) is 56.7 Å². The van der Waals surface area contributed by atoms with Crippen LogP contribution in [0.15, 0.2) is 103 Å². The molecule has 0 radical (unpaired) electrons. The zero-order valence-corrected chi connectivity index (χ0v) is 32.2. The predicted molar refractivity (Wildman–Crippen MR) is 214 cm³/mol. The van der Waals surface area contributed by atoms with Gasteiger partial charge in [0.2, 0.25) is 5.91 Å². The molecule has 2 aromatic heterocycles. The van der Waals surface area contributed by atoms with E-state index in [1.165, 1.54) is 37.0 Å². The van der Waals surface area contributed by atoms with Crippen LogP contribution >= 0.6 is 11.3 Å². The van der Waals surface area contributed by atoms with Crippen molar-refractivity contribution in [2.45, 2.75) is 82.9 Å². The van der Waals surface area contributed by atoms with Gasteiger partial charge in [-0.15, -0.1) is 11.3 Å². The molecule has 2 unspecified atom stereocenters. The smallest absolute Gasteiger partial charge is 0.329 e. The van der Waals surface area contributed by atoms with E-state index in [2.05, 4.69) is 41.4 Å². The van der Waals surface area contributed by atoms with Crippen LogP contribution in [0, 0.1) is 5.92 Å². The fraction of sp³-hybridized carbons (Fsp3) is 0.341. The molecule has 10 nitrogen and oxygen atoms in total. The summed E-state index contributed by atoms with van der Waals surface area (Å²) in [5.41, 5.74) is 3.50. The Hall–Kier alpha value is -5.39. The number of aliphatic carboxylic acids is 1. The average Bonchev–Trinajstić information content (AvgIpc) is 3.91. The highest BCUT2D eigenvalue weighted by Gasteiger charge is 2.33. The van der Waals surface area contributed by atoms with E-state index >= 15 is 0 Å². The van der Waals surface area contributed by atoms with Crippen LogP contribution in [0.2, 0.25) is 0 Å². The highest BCUT2D eigenvalue weighted by Crippen LogP contribution is 2.30. The van der Waals surface area contributed by atoms with Gasteiger partial charge in [-0.05, 0) is 58.7 Å². The van der Waals surface area contributed by atoms with Crippen molar-refractivity contribution in [3.63, 3.8) is 0 Å². The fourth-order valence-electron chi connectivity index (χ4n) is 6.71. The molecular weight excluding hydrogens is 713 g/mol. The minimum atomic E-state index is -1.65. The molecule has 0 aliphatic heterocycles. The van der Waals surface area contributed by atoms with Gasteiger partial charge in [0.15, 0.2) is 11.9 Å². The maximum absolute atomic E-state index is 13.8. The summed E-state index contributed by atoms with van der Waals surface area (Å²) >= 11 is 1.34. The van der Waals surface area contributed by atoms with E-state index in [0.29, 0.717) is 21.8 Å². The summed E-state index contributed by atoms with van der Waals surface area (Å²) in [7, 11) is 0. The highest BCUT2D eigenvalue weighted by molar-refractivity contribution is 7.14. The standard InChI is InChI=1S/C44H48N4O6S/c1-44(2,3)37-22-21-36(55-37)42(51)47-35(41(50)48-38(43(52)53)39(49)31-11-5-4-6-12-31)25-29-13-15-32(16-14-29)40-45-26-33(27-46-40)30-17-19-34(20-18-30)54-24-23-28-9-7-8-10-28/h4-6,11-22,26-28,35,38-39,49H,7-10,23-25H2,1-3H3,(H,47,51)(H,48,50)(H,52,53)/t35-,38?,39?/m0/s1. The summed E-state index contributed by atoms with van der Waals surface area (Å²) in [6.45, 7) is 6.89. The largest absolute Gasteiger partial charge is 0.494 e. The van der Waals surface area contributed by atoms with Crippen molar-refractivity contribution in [1.29, 1.82) is 0 Å². The third kappa shape index (κ3) is 10.4. The lowest BCUT2D eigenvalue weighted by Crippen LogP contribution is -2.54. The number of hydrogen-bond donors (Lipinski definition) is 4. The minimum absolute atomic E-state index is 0.0587. The molecule has 2 heterocycles. The third-order valence-electron chi connectivity index (χ3n) is 9.97. The van der Waals surface area contributed by atoms with E-state index in [-0.39, 0.29) is 11.8 Å². The molecule has 11 heteroatoms. The molecule has 3 atom stereocenters. The monoisotopic (exact) mass is 760 g/mol. The van der Waals surface area contributed by atoms with E-state index < -0.39 is 36.0 Å². The number of aromatic nitrogens is 2. The summed E-state index contributed by atoms with van der Waals surface area (Å²) in [6.07, 6.45) is 8.51.